The standard InChI is InChI=1S/C9H12O/c1-2-8-4-3-5-9(8)6-7-10/h2-3,5,7-9H,1,4,6H2. The van der Waals surface area contributed by atoms with Crippen molar-refractivity contribution < 1.29 is 4.79 Å². The van der Waals surface area contributed by atoms with Crippen LogP contribution in [-0.2, 0) is 4.79 Å². The van der Waals surface area contributed by atoms with Gasteiger partial charge in [0.15, 0.2) is 0 Å². The van der Waals surface area contributed by atoms with E-state index in [4.69, 9.17) is 0 Å². The molecule has 1 nitrogen and oxygen atoms in total. The Morgan fingerprint density at radius 2 is 2.50 bits per heavy atom. The van der Waals surface area contributed by atoms with Crippen LogP contribution in [-0.4, -0.2) is 6.29 Å². The number of hydrogen-bond donors (Lipinski definition) is 0. The number of hydrogen-bond acceptors (Lipinski definition) is 1. The summed E-state index contributed by atoms with van der Waals surface area (Å²) in [4.78, 5) is 10.2. The summed E-state index contributed by atoms with van der Waals surface area (Å²) in [5, 5.41) is 0. The molecular weight excluding hydrogens is 124 g/mol. The largest absolute Gasteiger partial charge is 0.303 e. The predicted molar refractivity (Wildman–Crippen MR) is 41.6 cm³/mol. The van der Waals surface area contributed by atoms with Crippen molar-refractivity contribution in [3.05, 3.63) is 24.8 Å². The molecule has 0 radical (unpaired) electrons. The van der Waals surface area contributed by atoms with E-state index in [0.29, 0.717) is 18.3 Å². The Hall–Kier alpha value is -0.850. The third-order valence-electron chi connectivity index (χ3n) is 2.01. The lowest BCUT2D eigenvalue weighted by atomic mass is 9.93. The first-order valence-corrected chi connectivity index (χ1v) is 3.61. The van der Waals surface area contributed by atoms with Gasteiger partial charge in [0.25, 0.3) is 0 Å². The first kappa shape index (κ1) is 7.26. The summed E-state index contributed by atoms with van der Waals surface area (Å²) >= 11 is 0. The fraction of sp³-hybridized carbons (Fsp3) is 0.444. The van der Waals surface area contributed by atoms with Gasteiger partial charge in [-0.1, -0.05) is 18.2 Å². The van der Waals surface area contributed by atoms with Crippen molar-refractivity contribution in [1.82, 2.24) is 0 Å². The van der Waals surface area contributed by atoms with Crippen molar-refractivity contribution in [2.75, 3.05) is 0 Å². The lowest BCUT2D eigenvalue weighted by Crippen LogP contribution is -2.04. The molecule has 10 heavy (non-hydrogen) atoms. The Labute approximate surface area is 61.4 Å². The zero-order valence-corrected chi connectivity index (χ0v) is 5.99. The first-order valence-electron chi connectivity index (χ1n) is 3.61. The maximum atomic E-state index is 10.2. The van der Waals surface area contributed by atoms with Crippen LogP contribution in [0.1, 0.15) is 12.8 Å². The zero-order valence-electron chi connectivity index (χ0n) is 5.99. The SMILES string of the molecule is C=CC1CC=CC1CC=O. The molecule has 0 N–H and O–H groups in total. The van der Waals surface area contributed by atoms with Crippen molar-refractivity contribution in [3.63, 3.8) is 0 Å². The lowest BCUT2D eigenvalue weighted by Gasteiger charge is -2.10. The quantitative estimate of drug-likeness (QED) is 0.428. The molecule has 1 heteroatoms. The van der Waals surface area contributed by atoms with Crippen molar-refractivity contribution >= 4 is 6.29 Å². The Morgan fingerprint density at radius 3 is 3.10 bits per heavy atom. The van der Waals surface area contributed by atoms with Crippen molar-refractivity contribution in [2.24, 2.45) is 11.8 Å². The van der Waals surface area contributed by atoms with Crippen LogP contribution in [0.4, 0.5) is 0 Å². The van der Waals surface area contributed by atoms with Crippen LogP contribution in [0.15, 0.2) is 24.8 Å². The van der Waals surface area contributed by atoms with Gasteiger partial charge in [-0.2, -0.15) is 0 Å². The molecule has 1 aliphatic carbocycles. The van der Waals surface area contributed by atoms with E-state index >= 15 is 0 Å². The molecule has 0 fully saturated rings. The van der Waals surface area contributed by atoms with Crippen LogP contribution in [0.5, 0.6) is 0 Å². The van der Waals surface area contributed by atoms with Crippen LogP contribution in [0.25, 0.3) is 0 Å². The minimum Gasteiger partial charge on any atom is -0.303 e. The smallest absolute Gasteiger partial charge is 0.120 e. The molecule has 2 atom stereocenters. The fourth-order valence-electron chi connectivity index (χ4n) is 1.36. The van der Waals surface area contributed by atoms with E-state index in [9.17, 15) is 4.79 Å². The summed E-state index contributed by atoms with van der Waals surface area (Å²) in [6, 6.07) is 0. The van der Waals surface area contributed by atoms with E-state index in [0.717, 1.165) is 12.7 Å². The van der Waals surface area contributed by atoms with E-state index in [2.05, 4.69) is 18.7 Å². The van der Waals surface area contributed by atoms with Gasteiger partial charge in [0, 0.05) is 6.42 Å². The molecule has 2 unspecified atom stereocenters. The number of carbonyl (C=O) groups is 1. The van der Waals surface area contributed by atoms with Crippen molar-refractivity contribution in [2.45, 2.75) is 12.8 Å². The van der Waals surface area contributed by atoms with Gasteiger partial charge in [0.05, 0.1) is 0 Å². The van der Waals surface area contributed by atoms with E-state index in [1.807, 2.05) is 6.08 Å². The highest BCUT2D eigenvalue weighted by molar-refractivity contribution is 5.50. The molecule has 0 heterocycles. The van der Waals surface area contributed by atoms with E-state index in [1.54, 1.807) is 0 Å². The van der Waals surface area contributed by atoms with Gasteiger partial charge in [0.2, 0.25) is 0 Å². The molecule has 54 valence electrons. The molecule has 0 aromatic carbocycles. The number of allylic oxidation sites excluding steroid dienone is 3. The molecule has 0 amide bonds. The van der Waals surface area contributed by atoms with Crippen molar-refractivity contribution in [3.8, 4) is 0 Å². The second kappa shape index (κ2) is 3.35. The minimum atomic E-state index is 0.426. The third kappa shape index (κ3) is 1.35. The Morgan fingerprint density at radius 1 is 1.70 bits per heavy atom. The molecule has 1 rings (SSSR count). The highest BCUT2D eigenvalue weighted by Gasteiger charge is 2.18. The average molecular weight is 136 g/mol. The van der Waals surface area contributed by atoms with Gasteiger partial charge in [-0.25, -0.2) is 0 Å². The van der Waals surface area contributed by atoms with Gasteiger partial charge < -0.3 is 4.79 Å². The van der Waals surface area contributed by atoms with E-state index < -0.39 is 0 Å². The van der Waals surface area contributed by atoms with Gasteiger partial charge >= 0.3 is 0 Å². The molecule has 0 aliphatic heterocycles. The van der Waals surface area contributed by atoms with Gasteiger partial charge in [-0.3, -0.25) is 0 Å². The molecular formula is C9H12O. The number of rotatable bonds is 3. The maximum Gasteiger partial charge on any atom is 0.120 e. The topological polar surface area (TPSA) is 17.1 Å². The number of aldehydes is 1. The summed E-state index contributed by atoms with van der Waals surface area (Å²) in [7, 11) is 0. The molecule has 0 bridgehead atoms. The summed E-state index contributed by atoms with van der Waals surface area (Å²) in [6.45, 7) is 3.72. The van der Waals surface area contributed by atoms with Crippen LogP contribution >= 0.6 is 0 Å². The van der Waals surface area contributed by atoms with Gasteiger partial charge in [-0.15, -0.1) is 6.58 Å². The van der Waals surface area contributed by atoms with E-state index in [1.165, 1.54) is 0 Å². The normalized spacial score (nSPS) is 30.4. The maximum absolute atomic E-state index is 10.2. The minimum absolute atomic E-state index is 0.426. The summed E-state index contributed by atoms with van der Waals surface area (Å²) in [5.41, 5.74) is 0. The van der Waals surface area contributed by atoms with Gasteiger partial charge in [-0.05, 0) is 18.3 Å². The Balaban J connectivity index is 2.47. The van der Waals surface area contributed by atoms with Crippen LogP contribution in [0.3, 0.4) is 0 Å². The molecule has 0 saturated carbocycles. The molecule has 1 aliphatic rings. The highest BCUT2D eigenvalue weighted by atomic mass is 16.1. The zero-order chi connectivity index (χ0) is 7.40. The Bertz CT molecular complexity index is 158. The van der Waals surface area contributed by atoms with Crippen molar-refractivity contribution in [1.29, 1.82) is 0 Å². The average Bonchev–Trinajstić information content (AvgIpc) is 2.36. The monoisotopic (exact) mass is 136 g/mol. The summed E-state index contributed by atoms with van der Waals surface area (Å²) in [5.74, 6) is 0.931. The molecule has 0 spiro atoms. The van der Waals surface area contributed by atoms with Crippen LogP contribution < -0.4 is 0 Å². The highest BCUT2D eigenvalue weighted by Crippen LogP contribution is 2.27. The second-order valence-corrected chi connectivity index (χ2v) is 2.63. The summed E-state index contributed by atoms with van der Waals surface area (Å²) in [6.07, 6.45) is 8.86. The molecule has 0 aromatic heterocycles. The van der Waals surface area contributed by atoms with Gasteiger partial charge in [0.1, 0.15) is 6.29 Å². The Kier molecular flexibility index (Phi) is 2.43. The molecule has 0 saturated heterocycles. The predicted octanol–water partition coefficient (Wildman–Crippen LogP) is 1.95. The first-order chi connectivity index (χ1) is 4.88. The van der Waals surface area contributed by atoms with Crippen LogP contribution in [0, 0.1) is 11.8 Å². The number of carbonyl (C=O) groups excluding carboxylic acids is 1. The third-order valence-corrected chi connectivity index (χ3v) is 2.01. The molecule has 0 aromatic rings. The fourth-order valence-corrected chi connectivity index (χ4v) is 1.36. The second-order valence-electron chi connectivity index (χ2n) is 2.63. The van der Waals surface area contributed by atoms with Crippen LogP contribution in [0.2, 0.25) is 0 Å². The lowest BCUT2D eigenvalue weighted by molar-refractivity contribution is -0.108. The summed E-state index contributed by atoms with van der Waals surface area (Å²) < 4.78 is 0. The van der Waals surface area contributed by atoms with E-state index in [-0.39, 0.29) is 0 Å².